The average molecular weight is 340 g/mol. The van der Waals surface area contributed by atoms with Crippen LogP contribution in [-0.2, 0) is 19.9 Å². The number of aryl methyl sites for hydroxylation is 5. The average Bonchev–Trinajstić information content (AvgIpc) is 3.28. The van der Waals surface area contributed by atoms with E-state index < -0.39 is 0 Å². The molecule has 0 aliphatic rings. The zero-order valence-corrected chi connectivity index (χ0v) is 14.4. The van der Waals surface area contributed by atoms with E-state index in [1.54, 1.807) is 10.2 Å². The normalized spacial score (nSPS) is 11.5. The molecule has 0 spiro atoms. The van der Waals surface area contributed by atoms with Gasteiger partial charge in [0, 0.05) is 31.5 Å². The molecular weight excluding hydrogens is 324 g/mol. The van der Waals surface area contributed by atoms with Gasteiger partial charge < -0.3 is 0 Å². The van der Waals surface area contributed by atoms with Crippen LogP contribution in [0, 0.1) is 13.8 Å². The van der Waals surface area contributed by atoms with Crippen molar-refractivity contribution in [3.8, 4) is 11.5 Å². The Bertz CT molecular complexity index is 959. The molecule has 9 heteroatoms. The molecule has 0 saturated heterocycles. The number of hydrogen-bond acceptors (Lipinski definition) is 7. The highest BCUT2D eigenvalue weighted by Gasteiger charge is 2.13. The number of fused-ring (bicyclic) bond motifs is 1. The monoisotopic (exact) mass is 340 g/mol. The van der Waals surface area contributed by atoms with Gasteiger partial charge in [0.15, 0.2) is 11.5 Å². The van der Waals surface area contributed by atoms with Crippen LogP contribution in [0.15, 0.2) is 17.1 Å². The summed E-state index contributed by atoms with van der Waals surface area (Å²) in [6.45, 7) is 3.91. The van der Waals surface area contributed by atoms with Crippen LogP contribution in [0.1, 0.15) is 23.0 Å². The zero-order chi connectivity index (χ0) is 16.7. The summed E-state index contributed by atoms with van der Waals surface area (Å²) in [7, 11) is 1.90. The third-order valence-electron chi connectivity index (χ3n) is 3.84. The lowest BCUT2D eigenvalue weighted by molar-refractivity contribution is 0.683. The SMILES string of the molecule is Cc1ncc(C)n2nc(CCc3nc(-c4cscn4)nn3C)nc12. The van der Waals surface area contributed by atoms with Crippen LogP contribution in [-0.4, -0.2) is 39.3 Å². The number of aromatic nitrogens is 8. The van der Waals surface area contributed by atoms with Gasteiger partial charge in [0.05, 0.1) is 16.9 Å². The lowest BCUT2D eigenvalue weighted by atomic mass is 10.3. The summed E-state index contributed by atoms with van der Waals surface area (Å²) >= 11 is 1.54. The van der Waals surface area contributed by atoms with Crippen molar-refractivity contribution in [2.45, 2.75) is 26.7 Å². The van der Waals surface area contributed by atoms with E-state index in [4.69, 9.17) is 0 Å². The highest BCUT2D eigenvalue weighted by Crippen LogP contribution is 2.16. The number of thiazole rings is 1. The van der Waals surface area contributed by atoms with Gasteiger partial charge in [-0.3, -0.25) is 9.67 Å². The summed E-state index contributed by atoms with van der Waals surface area (Å²) in [5.74, 6) is 2.34. The molecule has 4 aromatic rings. The summed E-state index contributed by atoms with van der Waals surface area (Å²) in [5, 5.41) is 10.9. The van der Waals surface area contributed by atoms with Gasteiger partial charge in [-0.1, -0.05) is 0 Å². The fourth-order valence-electron chi connectivity index (χ4n) is 2.53. The van der Waals surface area contributed by atoms with Crippen molar-refractivity contribution in [3.63, 3.8) is 0 Å². The Morgan fingerprint density at radius 1 is 1.08 bits per heavy atom. The summed E-state index contributed by atoms with van der Waals surface area (Å²) in [4.78, 5) is 17.8. The molecule has 0 atom stereocenters. The van der Waals surface area contributed by atoms with Crippen molar-refractivity contribution in [2.75, 3.05) is 0 Å². The van der Waals surface area contributed by atoms with Crippen LogP contribution < -0.4 is 0 Å². The van der Waals surface area contributed by atoms with Crippen molar-refractivity contribution >= 4 is 17.0 Å². The minimum absolute atomic E-state index is 0.660. The quantitative estimate of drug-likeness (QED) is 0.563. The molecule has 4 aromatic heterocycles. The summed E-state index contributed by atoms with van der Waals surface area (Å²) in [5.41, 5.74) is 5.25. The van der Waals surface area contributed by atoms with E-state index in [9.17, 15) is 0 Å². The molecule has 0 aliphatic carbocycles. The molecular formula is C15H16N8S. The highest BCUT2D eigenvalue weighted by atomic mass is 32.1. The van der Waals surface area contributed by atoms with Gasteiger partial charge in [-0.2, -0.15) is 5.10 Å². The number of hydrogen-bond donors (Lipinski definition) is 0. The molecule has 8 nitrogen and oxygen atoms in total. The molecule has 24 heavy (non-hydrogen) atoms. The maximum atomic E-state index is 4.60. The standard InChI is InChI=1S/C15H16N8S/c1-9-6-16-10(2)15-18-12(20-23(9)15)4-5-13-19-14(21-22(13)3)11-7-24-8-17-11/h6-8H,4-5H2,1-3H3. The topological polar surface area (TPSA) is 86.7 Å². The van der Waals surface area contributed by atoms with E-state index >= 15 is 0 Å². The van der Waals surface area contributed by atoms with Crippen LogP contribution in [0.2, 0.25) is 0 Å². The Morgan fingerprint density at radius 2 is 1.96 bits per heavy atom. The highest BCUT2D eigenvalue weighted by molar-refractivity contribution is 7.07. The second-order valence-electron chi connectivity index (χ2n) is 5.60. The number of rotatable bonds is 4. The molecule has 0 fully saturated rings. The van der Waals surface area contributed by atoms with Gasteiger partial charge in [0.25, 0.3) is 0 Å². The Kier molecular flexibility index (Phi) is 3.57. The third-order valence-corrected chi connectivity index (χ3v) is 4.43. The molecule has 4 rings (SSSR count). The molecule has 0 bridgehead atoms. The predicted octanol–water partition coefficient (Wildman–Crippen LogP) is 1.78. The minimum atomic E-state index is 0.660. The predicted molar refractivity (Wildman–Crippen MR) is 89.8 cm³/mol. The van der Waals surface area contributed by atoms with Crippen molar-refractivity contribution in [1.82, 2.24) is 39.3 Å². The minimum Gasteiger partial charge on any atom is -0.256 e. The maximum absolute atomic E-state index is 4.60. The first-order chi connectivity index (χ1) is 11.6. The second kappa shape index (κ2) is 5.75. The van der Waals surface area contributed by atoms with Crippen LogP contribution in [0.3, 0.4) is 0 Å². The molecule has 0 saturated carbocycles. The van der Waals surface area contributed by atoms with E-state index in [0.29, 0.717) is 12.2 Å². The van der Waals surface area contributed by atoms with E-state index in [0.717, 1.165) is 40.8 Å². The summed E-state index contributed by atoms with van der Waals surface area (Å²) < 4.78 is 3.64. The van der Waals surface area contributed by atoms with Gasteiger partial charge in [-0.05, 0) is 13.8 Å². The second-order valence-corrected chi connectivity index (χ2v) is 6.32. The molecule has 0 aromatic carbocycles. The molecule has 122 valence electrons. The summed E-state index contributed by atoms with van der Waals surface area (Å²) in [6, 6.07) is 0. The fraction of sp³-hybridized carbons (Fsp3) is 0.333. The first-order valence-electron chi connectivity index (χ1n) is 7.58. The maximum Gasteiger partial charge on any atom is 0.200 e. The van der Waals surface area contributed by atoms with Gasteiger partial charge in [0.2, 0.25) is 5.82 Å². The Hall–Kier alpha value is -2.68. The molecule has 4 heterocycles. The zero-order valence-electron chi connectivity index (χ0n) is 13.6. The van der Waals surface area contributed by atoms with Crippen LogP contribution in [0.25, 0.3) is 17.2 Å². The van der Waals surface area contributed by atoms with Crippen LogP contribution in [0.5, 0.6) is 0 Å². The number of nitrogens with zero attached hydrogens (tertiary/aromatic N) is 8. The molecule has 0 unspecified atom stereocenters. The van der Waals surface area contributed by atoms with E-state index in [2.05, 4.69) is 30.1 Å². The molecule has 0 aliphatic heterocycles. The van der Waals surface area contributed by atoms with E-state index in [1.165, 1.54) is 11.3 Å². The molecule has 0 N–H and O–H groups in total. The van der Waals surface area contributed by atoms with Crippen LogP contribution in [0.4, 0.5) is 0 Å². The van der Waals surface area contributed by atoms with Crippen molar-refractivity contribution in [2.24, 2.45) is 7.05 Å². The van der Waals surface area contributed by atoms with Gasteiger partial charge >= 0.3 is 0 Å². The van der Waals surface area contributed by atoms with Crippen LogP contribution >= 0.6 is 11.3 Å². The molecule has 0 amide bonds. The van der Waals surface area contributed by atoms with Gasteiger partial charge in [-0.25, -0.2) is 19.5 Å². The third kappa shape index (κ3) is 2.56. The largest absolute Gasteiger partial charge is 0.256 e. The first-order valence-corrected chi connectivity index (χ1v) is 8.52. The van der Waals surface area contributed by atoms with Gasteiger partial charge in [-0.15, -0.1) is 16.4 Å². The Morgan fingerprint density at radius 3 is 2.71 bits per heavy atom. The lowest BCUT2D eigenvalue weighted by Gasteiger charge is -1.97. The van der Waals surface area contributed by atoms with E-state index in [-0.39, 0.29) is 0 Å². The van der Waals surface area contributed by atoms with E-state index in [1.807, 2.05) is 37.0 Å². The fourth-order valence-corrected chi connectivity index (χ4v) is 3.06. The van der Waals surface area contributed by atoms with Gasteiger partial charge in [0.1, 0.15) is 11.5 Å². The summed E-state index contributed by atoms with van der Waals surface area (Å²) in [6.07, 6.45) is 3.23. The smallest absolute Gasteiger partial charge is 0.200 e. The van der Waals surface area contributed by atoms with Crippen molar-refractivity contribution in [1.29, 1.82) is 0 Å². The Labute approximate surface area is 142 Å². The lowest BCUT2D eigenvalue weighted by Crippen LogP contribution is -2.03. The van der Waals surface area contributed by atoms with Crippen molar-refractivity contribution < 1.29 is 0 Å². The van der Waals surface area contributed by atoms with Crippen molar-refractivity contribution in [3.05, 3.63) is 40.1 Å². The first kappa shape index (κ1) is 14.9. The molecule has 0 radical (unpaired) electrons. The Balaban J connectivity index is 1.57.